The lowest BCUT2D eigenvalue weighted by Crippen LogP contribution is -2.12. The second-order valence-corrected chi connectivity index (χ2v) is 15.5. The maximum Gasteiger partial charge on any atom is 0.137 e. The van der Waals surface area contributed by atoms with Crippen LogP contribution in [0.5, 0.6) is 0 Å². The van der Waals surface area contributed by atoms with E-state index in [-0.39, 0.29) is 0 Å². The van der Waals surface area contributed by atoms with Crippen LogP contribution >= 0.6 is 11.3 Å². The van der Waals surface area contributed by atoms with E-state index in [1.54, 1.807) is 0 Å². The molecule has 0 spiro atoms. The molecule has 0 fully saturated rings. The van der Waals surface area contributed by atoms with Gasteiger partial charge >= 0.3 is 0 Å². The van der Waals surface area contributed by atoms with Gasteiger partial charge in [0.2, 0.25) is 0 Å². The Morgan fingerprint density at radius 1 is 0.368 bits per heavy atom. The number of anilines is 3. The number of hydrogen-bond donors (Lipinski definition) is 0. The average Bonchev–Trinajstić information content (AvgIpc) is 3.87. The summed E-state index contributed by atoms with van der Waals surface area (Å²) in [6, 6.07) is 76.4. The Kier molecular flexibility index (Phi) is 8.04. The van der Waals surface area contributed by atoms with E-state index in [0.717, 1.165) is 50.1 Å². The van der Waals surface area contributed by atoms with Gasteiger partial charge in [0.15, 0.2) is 0 Å². The lowest BCUT2D eigenvalue weighted by Gasteiger charge is -2.30. The lowest BCUT2D eigenvalue weighted by molar-refractivity contribution is 0.669. The molecule has 9 aromatic carbocycles. The topological polar surface area (TPSA) is 16.4 Å². The van der Waals surface area contributed by atoms with Gasteiger partial charge in [-0.2, -0.15) is 0 Å². The molecule has 11 aromatic rings. The number of fused-ring (bicyclic) bond motifs is 6. The first kappa shape index (κ1) is 33.2. The zero-order valence-corrected chi connectivity index (χ0v) is 31.8. The highest BCUT2D eigenvalue weighted by Gasteiger charge is 2.25. The fourth-order valence-electron chi connectivity index (χ4n) is 8.48. The van der Waals surface area contributed by atoms with Crippen molar-refractivity contribution in [1.29, 1.82) is 0 Å². The molecule has 2 heterocycles. The summed E-state index contributed by atoms with van der Waals surface area (Å²) in [6.07, 6.45) is 0. The van der Waals surface area contributed by atoms with E-state index in [1.807, 2.05) is 17.4 Å². The van der Waals surface area contributed by atoms with Crippen molar-refractivity contribution in [2.45, 2.75) is 0 Å². The molecule has 11 rings (SSSR count). The Bertz CT molecular complexity index is 3230. The molecule has 2 aromatic heterocycles. The number of benzene rings is 9. The van der Waals surface area contributed by atoms with Crippen molar-refractivity contribution in [1.82, 2.24) is 0 Å². The van der Waals surface area contributed by atoms with Gasteiger partial charge in [-0.15, -0.1) is 11.3 Å². The fraction of sp³-hybridized carbons (Fsp3) is 0. The maximum atomic E-state index is 6.52. The predicted octanol–water partition coefficient (Wildman–Crippen LogP) is 16.1. The van der Waals surface area contributed by atoms with E-state index < -0.39 is 0 Å². The summed E-state index contributed by atoms with van der Waals surface area (Å²) in [5.74, 6) is 0. The van der Waals surface area contributed by atoms with Crippen molar-refractivity contribution in [2.75, 3.05) is 4.90 Å². The van der Waals surface area contributed by atoms with E-state index in [9.17, 15) is 0 Å². The number of rotatable bonds is 7. The highest BCUT2D eigenvalue weighted by molar-refractivity contribution is 7.26. The van der Waals surface area contributed by atoms with Crippen LogP contribution in [0.4, 0.5) is 17.1 Å². The standard InChI is InChI=1S/C54H35NOS/c1-3-15-36(16-4-1)38-31-33-41(34-32-38)55(48-27-14-29-50-53(48)46-22-7-9-28-49(46)56-50)47-26-13-23-43(45-25-12-24-44-42-21-8-10-30-51(42)57-54(44)45)52(47)40-20-11-19-39(35-40)37-17-5-2-6-18-37/h1-35H. The summed E-state index contributed by atoms with van der Waals surface area (Å²) in [5.41, 5.74) is 14.4. The summed E-state index contributed by atoms with van der Waals surface area (Å²) in [5, 5.41) is 4.75. The van der Waals surface area contributed by atoms with E-state index in [0.29, 0.717) is 0 Å². The first-order valence-electron chi connectivity index (χ1n) is 19.3. The molecule has 0 unspecified atom stereocenters. The predicted molar refractivity (Wildman–Crippen MR) is 243 cm³/mol. The van der Waals surface area contributed by atoms with Crippen LogP contribution in [0.25, 0.3) is 86.6 Å². The molecule has 0 saturated carbocycles. The molecule has 57 heavy (non-hydrogen) atoms. The fourth-order valence-corrected chi connectivity index (χ4v) is 9.71. The first-order chi connectivity index (χ1) is 28.3. The molecular formula is C54H35NOS. The smallest absolute Gasteiger partial charge is 0.137 e. The van der Waals surface area contributed by atoms with E-state index in [4.69, 9.17) is 4.42 Å². The van der Waals surface area contributed by atoms with Gasteiger partial charge in [0.1, 0.15) is 11.2 Å². The Morgan fingerprint density at radius 2 is 0.930 bits per heavy atom. The maximum absolute atomic E-state index is 6.52. The summed E-state index contributed by atoms with van der Waals surface area (Å²) in [6.45, 7) is 0. The molecular weight excluding hydrogens is 711 g/mol. The molecule has 0 N–H and O–H groups in total. The summed E-state index contributed by atoms with van der Waals surface area (Å²) in [7, 11) is 0. The third-order valence-electron chi connectivity index (χ3n) is 11.1. The van der Waals surface area contributed by atoms with E-state index >= 15 is 0 Å². The van der Waals surface area contributed by atoms with Gasteiger partial charge in [0.25, 0.3) is 0 Å². The van der Waals surface area contributed by atoms with Crippen LogP contribution in [-0.4, -0.2) is 0 Å². The van der Waals surface area contributed by atoms with Crippen LogP contribution in [0, 0.1) is 0 Å². The molecule has 0 amide bonds. The largest absolute Gasteiger partial charge is 0.456 e. The van der Waals surface area contributed by atoms with Crippen LogP contribution in [0.15, 0.2) is 217 Å². The molecule has 0 aliphatic heterocycles. The molecule has 0 aliphatic carbocycles. The minimum Gasteiger partial charge on any atom is -0.456 e. The minimum absolute atomic E-state index is 0.860. The van der Waals surface area contributed by atoms with Gasteiger partial charge in [-0.05, 0) is 81.9 Å². The minimum atomic E-state index is 0.860. The monoisotopic (exact) mass is 745 g/mol. The highest BCUT2D eigenvalue weighted by atomic mass is 32.1. The van der Waals surface area contributed by atoms with Crippen LogP contribution < -0.4 is 4.90 Å². The molecule has 0 aliphatic rings. The third-order valence-corrected chi connectivity index (χ3v) is 12.3. The summed E-state index contributed by atoms with van der Waals surface area (Å²) >= 11 is 1.87. The summed E-state index contributed by atoms with van der Waals surface area (Å²) < 4.78 is 9.10. The molecule has 0 radical (unpaired) electrons. The van der Waals surface area contributed by atoms with Crippen LogP contribution in [0.1, 0.15) is 0 Å². The Balaban J connectivity index is 1.23. The van der Waals surface area contributed by atoms with Crippen molar-refractivity contribution in [2.24, 2.45) is 0 Å². The zero-order valence-electron chi connectivity index (χ0n) is 31.0. The molecule has 2 nitrogen and oxygen atoms in total. The normalized spacial score (nSPS) is 11.5. The van der Waals surface area contributed by atoms with Crippen LogP contribution in [0.2, 0.25) is 0 Å². The van der Waals surface area contributed by atoms with Crippen molar-refractivity contribution < 1.29 is 4.42 Å². The average molecular weight is 746 g/mol. The Labute approximate surface area is 335 Å². The molecule has 3 heteroatoms. The number of nitrogens with zero attached hydrogens (tertiary/aromatic N) is 1. The van der Waals surface area contributed by atoms with Crippen molar-refractivity contribution in [3.8, 4) is 44.5 Å². The molecule has 0 saturated heterocycles. The Hall–Kier alpha value is -7.20. The van der Waals surface area contributed by atoms with Crippen LogP contribution in [-0.2, 0) is 0 Å². The van der Waals surface area contributed by atoms with E-state index in [2.05, 4.69) is 211 Å². The second kappa shape index (κ2) is 13.8. The lowest BCUT2D eigenvalue weighted by atomic mass is 9.89. The number of furan rings is 1. The van der Waals surface area contributed by atoms with Gasteiger partial charge in [-0.3, -0.25) is 0 Å². The van der Waals surface area contributed by atoms with Gasteiger partial charge in [0.05, 0.1) is 16.8 Å². The molecule has 268 valence electrons. The number of thiophene rings is 1. The summed E-state index contributed by atoms with van der Waals surface area (Å²) in [4.78, 5) is 2.44. The van der Waals surface area contributed by atoms with Crippen molar-refractivity contribution >= 4 is 70.5 Å². The Morgan fingerprint density at radius 3 is 1.75 bits per heavy atom. The van der Waals surface area contributed by atoms with Crippen LogP contribution in [0.3, 0.4) is 0 Å². The third kappa shape index (κ3) is 5.71. The first-order valence-corrected chi connectivity index (χ1v) is 20.2. The van der Waals surface area contributed by atoms with E-state index in [1.165, 1.54) is 53.6 Å². The van der Waals surface area contributed by atoms with Crippen molar-refractivity contribution in [3.05, 3.63) is 212 Å². The number of hydrogen-bond acceptors (Lipinski definition) is 3. The zero-order chi connectivity index (χ0) is 37.7. The SMILES string of the molecule is c1ccc(-c2ccc(N(c3cccc(-c4cccc5c4sc4ccccc45)c3-c3cccc(-c4ccccc4)c3)c3cccc4oc5ccccc5c34)cc2)cc1. The van der Waals surface area contributed by atoms with Gasteiger partial charge in [-0.25, -0.2) is 0 Å². The quantitative estimate of drug-likeness (QED) is 0.162. The van der Waals surface area contributed by atoms with Gasteiger partial charge in [0, 0.05) is 42.4 Å². The molecule has 0 atom stereocenters. The van der Waals surface area contributed by atoms with Crippen molar-refractivity contribution in [3.63, 3.8) is 0 Å². The second-order valence-electron chi connectivity index (χ2n) is 14.4. The van der Waals surface area contributed by atoms with Gasteiger partial charge in [-0.1, -0.05) is 164 Å². The number of para-hydroxylation sites is 1. The van der Waals surface area contributed by atoms with Gasteiger partial charge < -0.3 is 9.32 Å². The highest BCUT2D eigenvalue weighted by Crippen LogP contribution is 2.51. The molecule has 0 bridgehead atoms.